The highest BCUT2D eigenvalue weighted by Crippen LogP contribution is 2.52. The van der Waals surface area contributed by atoms with Crippen LogP contribution in [-0.4, -0.2) is 36.1 Å². The minimum Gasteiger partial charge on any atom is -0.443 e. The minimum atomic E-state index is -3.79. The molecule has 1 amide bonds. The van der Waals surface area contributed by atoms with Crippen LogP contribution < -0.4 is 0 Å². The molecular formula is C18H28NO5P. The maximum atomic E-state index is 13.0. The Bertz CT molecular complexity index is 600. The first-order valence-electron chi connectivity index (χ1n) is 8.33. The molecule has 25 heavy (non-hydrogen) atoms. The van der Waals surface area contributed by atoms with Crippen molar-refractivity contribution in [2.75, 3.05) is 19.8 Å². The molecule has 0 N–H and O–H groups in total. The van der Waals surface area contributed by atoms with E-state index >= 15 is 0 Å². The zero-order chi connectivity index (χ0) is 18.9. The second-order valence-corrected chi connectivity index (χ2v) is 8.12. The lowest BCUT2D eigenvalue weighted by Crippen LogP contribution is -2.36. The molecule has 0 aliphatic rings. The molecule has 7 heteroatoms. The van der Waals surface area contributed by atoms with E-state index in [-0.39, 0.29) is 19.8 Å². The number of hydrogen-bond donors (Lipinski definition) is 0. The lowest BCUT2D eigenvalue weighted by molar-refractivity contribution is 0.0336. The van der Waals surface area contributed by atoms with E-state index in [1.54, 1.807) is 40.7 Å². The van der Waals surface area contributed by atoms with Crippen molar-refractivity contribution >= 4 is 19.9 Å². The maximum absolute atomic E-state index is 13.0. The first kappa shape index (κ1) is 21.4. The Labute approximate surface area is 150 Å². The molecule has 0 aromatic heterocycles. The van der Waals surface area contributed by atoms with Crippen LogP contribution in [0.3, 0.4) is 0 Å². The summed E-state index contributed by atoms with van der Waals surface area (Å²) >= 11 is 0. The molecule has 0 fully saturated rings. The fraction of sp³-hybridized carbons (Fsp3) is 0.500. The van der Waals surface area contributed by atoms with E-state index < -0.39 is 19.4 Å². The fourth-order valence-electron chi connectivity index (χ4n) is 1.94. The number of amides is 1. The summed E-state index contributed by atoms with van der Waals surface area (Å²) in [7, 11) is -3.79. The van der Waals surface area contributed by atoms with Gasteiger partial charge in [0.15, 0.2) is 0 Å². The second-order valence-electron chi connectivity index (χ2n) is 6.18. The van der Waals surface area contributed by atoms with Crippen LogP contribution >= 0.6 is 7.75 Å². The third-order valence-corrected chi connectivity index (χ3v) is 4.96. The summed E-state index contributed by atoms with van der Waals surface area (Å²) in [6.45, 7) is 8.97. The highest BCUT2D eigenvalue weighted by atomic mass is 31.2. The molecule has 1 aromatic carbocycles. The van der Waals surface area contributed by atoms with Gasteiger partial charge in [0.25, 0.3) is 0 Å². The predicted molar refractivity (Wildman–Crippen MR) is 99.3 cm³/mol. The zero-order valence-electron chi connectivity index (χ0n) is 15.6. The Morgan fingerprint density at radius 3 is 2.16 bits per heavy atom. The van der Waals surface area contributed by atoms with Gasteiger partial charge in [-0.15, -0.1) is 0 Å². The summed E-state index contributed by atoms with van der Waals surface area (Å²) in [6, 6.07) is 9.61. The number of hydrogen-bond acceptors (Lipinski definition) is 5. The third kappa shape index (κ3) is 7.43. The molecule has 0 spiro atoms. The summed E-state index contributed by atoms with van der Waals surface area (Å²) in [5.41, 5.74) is 0.246. The van der Waals surface area contributed by atoms with Crippen molar-refractivity contribution in [1.82, 2.24) is 4.67 Å². The third-order valence-electron chi connectivity index (χ3n) is 2.87. The van der Waals surface area contributed by atoms with E-state index in [9.17, 15) is 9.36 Å². The highest BCUT2D eigenvalue weighted by molar-refractivity contribution is 7.52. The molecule has 1 rings (SSSR count). The minimum absolute atomic E-state index is 0.0427. The van der Waals surface area contributed by atoms with E-state index in [2.05, 4.69) is 0 Å². The van der Waals surface area contributed by atoms with Gasteiger partial charge >= 0.3 is 13.8 Å². The van der Waals surface area contributed by atoms with Gasteiger partial charge in [-0.1, -0.05) is 42.5 Å². The van der Waals surface area contributed by atoms with Gasteiger partial charge in [0.2, 0.25) is 0 Å². The smallest absolute Gasteiger partial charge is 0.440 e. The molecule has 0 atom stereocenters. The standard InChI is InChI=1S/C18H28NO5P/c1-6-22-25(21,23-7-2)19(17(20)24-18(3,4)5)15-11-14-16-12-9-8-10-13-16/h8-14H,6-7,15H2,1-5H3/b14-11+. The van der Waals surface area contributed by atoms with E-state index in [1.807, 2.05) is 36.4 Å². The zero-order valence-corrected chi connectivity index (χ0v) is 16.5. The molecule has 140 valence electrons. The van der Waals surface area contributed by atoms with E-state index in [1.165, 1.54) is 0 Å². The van der Waals surface area contributed by atoms with Crippen molar-refractivity contribution in [3.63, 3.8) is 0 Å². The number of carbonyl (C=O) groups is 1. The van der Waals surface area contributed by atoms with Crippen LogP contribution in [-0.2, 0) is 18.3 Å². The fourth-order valence-corrected chi connectivity index (χ4v) is 3.49. The molecule has 0 saturated carbocycles. The Morgan fingerprint density at radius 2 is 1.68 bits per heavy atom. The molecule has 0 unspecified atom stereocenters. The first-order valence-corrected chi connectivity index (χ1v) is 9.83. The molecule has 1 aromatic rings. The largest absolute Gasteiger partial charge is 0.443 e. The summed E-state index contributed by atoms with van der Waals surface area (Å²) < 4.78 is 30.0. The van der Waals surface area contributed by atoms with Gasteiger partial charge < -0.3 is 4.74 Å². The second kappa shape index (κ2) is 9.76. The van der Waals surface area contributed by atoms with E-state index in [0.717, 1.165) is 10.2 Å². The van der Waals surface area contributed by atoms with Crippen molar-refractivity contribution in [3.05, 3.63) is 42.0 Å². The van der Waals surface area contributed by atoms with Crippen LogP contribution in [0.15, 0.2) is 36.4 Å². The van der Waals surface area contributed by atoms with Crippen LogP contribution in [0.25, 0.3) is 6.08 Å². The van der Waals surface area contributed by atoms with Crippen molar-refractivity contribution in [3.8, 4) is 0 Å². The van der Waals surface area contributed by atoms with Crippen LogP contribution in [0.4, 0.5) is 4.79 Å². The topological polar surface area (TPSA) is 65.1 Å². The van der Waals surface area contributed by atoms with Crippen molar-refractivity contribution < 1.29 is 23.1 Å². The molecule has 0 aliphatic carbocycles. The lowest BCUT2D eigenvalue weighted by atomic mass is 10.2. The normalized spacial score (nSPS) is 12.4. The summed E-state index contributed by atoms with van der Waals surface area (Å²) in [5, 5.41) is 0. The van der Waals surface area contributed by atoms with Crippen LogP contribution in [0.1, 0.15) is 40.2 Å². The summed E-state index contributed by atoms with van der Waals surface area (Å²) in [5.74, 6) is 0. The van der Waals surface area contributed by atoms with Crippen LogP contribution in [0, 0.1) is 0 Å². The molecule has 0 aliphatic heterocycles. The average molecular weight is 369 g/mol. The van der Waals surface area contributed by atoms with Gasteiger partial charge in [-0.05, 0) is 40.2 Å². The van der Waals surface area contributed by atoms with Gasteiger partial charge in [-0.3, -0.25) is 9.05 Å². The monoisotopic (exact) mass is 369 g/mol. The van der Waals surface area contributed by atoms with Gasteiger partial charge in [0.1, 0.15) is 5.60 Å². The molecule has 0 bridgehead atoms. The van der Waals surface area contributed by atoms with Gasteiger partial charge in [0, 0.05) is 0 Å². The summed E-state index contributed by atoms with van der Waals surface area (Å²) in [6.07, 6.45) is 2.82. The quantitative estimate of drug-likeness (QED) is 0.595. The SMILES string of the molecule is CCOP(=O)(OCC)N(C/C=C/c1ccccc1)C(=O)OC(C)(C)C. The van der Waals surface area contributed by atoms with E-state index in [4.69, 9.17) is 13.8 Å². The van der Waals surface area contributed by atoms with Crippen LogP contribution in [0.5, 0.6) is 0 Å². The number of benzene rings is 1. The highest BCUT2D eigenvalue weighted by Gasteiger charge is 2.39. The Morgan fingerprint density at radius 1 is 1.12 bits per heavy atom. The van der Waals surface area contributed by atoms with Gasteiger partial charge in [-0.2, -0.15) is 0 Å². The first-order chi connectivity index (χ1) is 11.7. The Kier molecular flexibility index (Phi) is 8.36. The number of rotatable bonds is 8. The van der Waals surface area contributed by atoms with Crippen molar-refractivity contribution in [1.29, 1.82) is 0 Å². The Hall–Kier alpha value is -1.62. The molecule has 0 saturated heterocycles. The molecule has 0 radical (unpaired) electrons. The average Bonchev–Trinajstić information content (AvgIpc) is 2.51. The lowest BCUT2D eigenvalue weighted by Gasteiger charge is -2.30. The van der Waals surface area contributed by atoms with Crippen LogP contribution in [0.2, 0.25) is 0 Å². The predicted octanol–water partition coefficient (Wildman–Crippen LogP) is 5.12. The Balaban J connectivity index is 3.03. The van der Waals surface area contributed by atoms with Gasteiger partial charge in [-0.25, -0.2) is 14.0 Å². The molecule has 6 nitrogen and oxygen atoms in total. The van der Waals surface area contributed by atoms with E-state index in [0.29, 0.717) is 0 Å². The van der Waals surface area contributed by atoms with Crippen molar-refractivity contribution in [2.24, 2.45) is 0 Å². The number of ether oxygens (including phenoxy) is 1. The number of carbonyl (C=O) groups excluding carboxylic acids is 1. The molecular weight excluding hydrogens is 341 g/mol. The summed E-state index contributed by atoms with van der Waals surface area (Å²) in [4.78, 5) is 12.5. The van der Waals surface area contributed by atoms with Gasteiger partial charge in [0.05, 0.1) is 19.8 Å². The molecule has 0 heterocycles. The number of nitrogens with zero attached hydrogens (tertiary/aromatic N) is 1. The maximum Gasteiger partial charge on any atom is 0.440 e. The van der Waals surface area contributed by atoms with Crippen molar-refractivity contribution in [2.45, 2.75) is 40.2 Å².